The first-order chi connectivity index (χ1) is 13.5. The van der Waals surface area contributed by atoms with E-state index in [2.05, 4.69) is 17.4 Å². The van der Waals surface area contributed by atoms with E-state index in [1.54, 1.807) is 35.2 Å². The summed E-state index contributed by atoms with van der Waals surface area (Å²) in [6.07, 6.45) is 2.17. The molecule has 1 heterocycles. The molecule has 1 saturated carbocycles. The van der Waals surface area contributed by atoms with E-state index in [0.29, 0.717) is 37.6 Å². The number of piperazine rings is 1. The van der Waals surface area contributed by atoms with Gasteiger partial charge in [0.15, 0.2) is 0 Å². The van der Waals surface area contributed by atoms with E-state index in [4.69, 9.17) is 0 Å². The predicted molar refractivity (Wildman–Crippen MR) is 108 cm³/mol. The molecule has 0 bridgehead atoms. The quantitative estimate of drug-likeness (QED) is 0.840. The second-order valence-electron chi connectivity index (χ2n) is 7.51. The molecule has 2 aliphatic rings. The van der Waals surface area contributed by atoms with Gasteiger partial charge >= 0.3 is 6.03 Å². The molecule has 1 saturated heterocycles. The van der Waals surface area contributed by atoms with Crippen LogP contribution in [0.5, 0.6) is 0 Å². The van der Waals surface area contributed by atoms with Gasteiger partial charge in [-0.15, -0.1) is 0 Å². The Morgan fingerprint density at radius 2 is 1.46 bits per heavy atom. The van der Waals surface area contributed by atoms with E-state index in [-0.39, 0.29) is 11.4 Å². The third-order valence-electron chi connectivity index (χ3n) is 5.72. The SMILES string of the molecule is O=C(NCC1(c2ccccc2)CC1)N1CCN(S(=O)(=O)c2ccccc2)CC1. The normalized spacial score (nSPS) is 19.2. The average Bonchev–Trinajstić information content (AvgIpc) is 3.55. The number of carbonyl (C=O) groups excluding carboxylic acids is 1. The number of hydrogen-bond donors (Lipinski definition) is 1. The van der Waals surface area contributed by atoms with Crippen LogP contribution >= 0.6 is 0 Å². The number of amides is 2. The van der Waals surface area contributed by atoms with Crippen molar-refractivity contribution >= 4 is 16.1 Å². The van der Waals surface area contributed by atoms with Gasteiger partial charge in [-0.05, 0) is 30.5 Å². The summed E-state index contributed by atoms with van der Waals surface area (Å²) in [5.41, 5.74) is 1.34. The zero-order chi connectivity index (χ0) is 19.6. The number of rotatable bonds is 5. The van der Waals surface area contributed by atoms with Crippen LogP contribution in [0, 0.1) is 0 Å². The summed E-state index contributed by atoms with van der Waals surface area (Å²) in [7, 11) is -3.50. The molecule has 2 amide bonds. The van der Waals surface area contributed by atoms with Crippen molar-refractivity contribution in [1.29, 1.82) is 0 Å². The molecular weight excluding hydrogens is 374 g/mol. The molecule has 0 unspecified atom stereocenters. The number of nitrogens with zero attached hydrogens (tertiary/aromatic N) is 2. The molecule has 6 nitrogen and oxygen atoms in total. The molecule has 28 heavy (non-hydrogen) atoms. The van der Waals surface area contributed by atoms with Crippen LogP contribution in [0.2, 0.25) is 0 Å². The summed E-state index contributed by atoms with van der Waals surface area (Å²) in [6.45, 7) is 2.05. The topological polar surface area (TPSA) is 69.7 Å². The van der Waals surface area contributed by atoms with Gasteiger partial charge in [0.05, 0.1) is 4.90 Å². The van der Waals surface area contributed by atoms with Crippen molar-refractivity contribution in [3.05, 3.63) is 66.2 Å². The fourth-order valence-corrected chi connectivity index (χ4v) is 5.18. The van der Waals surface area contributed by atoms with Crippen LogP contribution in [-0.2, 0) is 15.4 Å². The van der Waals surface area contributed by atoms with Crippen molar-refractivity contribution in [3.63, 3.8) is 0 Å². The molecule has 7 heteroatoms. The van der Waals surface area contributed by atoms with Gasteiger partial charge in [0, 0.05) is 38.1 Å². The van der Waals surface area contributed by atoms with E-state index in [0.717, 1.165) is 12.8 Å². The van der Waals surface area contributed by atoms with Crippen LogP contribution in [0.4, 0.5) is 4.79 Å². The minimum absolute atomic E-state index is 0.0649. The van der Waals surface area contributed by atoms with Crippen molar-refractivity contribution in [3.8, 4) is 0 Å². The molecule has 148 valence electrons. The van der Waals surface area contributed by atoms with Gasteiger partial charge in [0.2, 0.25) is 10.0 Å². The minimum atomic E-state index is -3.50. The molecule has 1 N–H and O–H groups in total. The maximum Gasteiger partial charge on any atom is 0.317 e. The summed E-state index contributed by atoms with van der Waals surface area (Å²) >= 11 is 0. The van der Waals surface area contributed by atoms with Gasteiger partial charge in [-0.1, -0.05) is 48.5 Å². The Kier molecular flexibility index (Phi) is 5.12. The van der Waals surface area contributed by atoms with Crippen LogP contribution in [0.1, 0.15) is 18.4 Å². The Balaban J connectivity index is 1.31. The van der Waals surface area contributed by atoms with E-state index in [1.165, 1.54) is 9.87 Å². The Bertz CT molecular complexity index is 920. The highest BCUT2D eigenvalue weighted by atomic mass is 32.2. The maximum absolute atomic E-state index is 12.7. The molecule has 2 fully saturated rings. The van der Waals surface area contributed by atoms with Crippen molar-refractivity contribution in [2.75, 3.05) is 32.7 Å². The van der Waals surface area contributed by atoms with E-state index in [9.17, 15) is 13.2 Å². The summed E-state index contributed by atoms with van der Waals surface area (Å²) < 4.78 is 26.8. The van der Waals surface area contributed by atoms with E-state index >= 15 is 0 Å². The second-order valence-corrected chi connectivity index (χ2v) is 9.45. The van der Waals surface area contributed by atoms with Crippen LogP contribution in [-0.4, -0.2) is 56.4 Å². The zero-order valence-electron chi connectivity index (χ0n) is 15.8. The Morgan fingerprint density at radius 3 is 2.04 bits per heavy atom. The lowest BCUT2D eigenvalue weighted by Gasteiger charge is -2.34. The lowest BCUT2D eigenvalue weighted by Crippen LogP contribution is -2.53. The minimum Gasteiger partial charge on any atom is -0.337 e. The standard InChI is InChI=1S/C21H25N3O3S/c25-20(22-17-21(11-12-21)18-7-3-1-4-8-18)23-13-15-24(16-14-23)28(26,27)19-9-5-2-6-10-19/h1-10H,11-17H2,(H,22,25). The number of urea groups is 1. The fraction of sp³-hybridized carbons (Fsp3) is 0.381. The second kappa shape index (κ2) is 7.56. The molecule has 0 radical (unpaired) electrons. The van der Waals surface area contributed by atoms with Crippen LogP contribution in [0.25, 0.3) is 0 Å². The largest absolute Gasteiger partial charge is 0.337 e. The van der Waals surface area contributed by atoms with Crippen LogP contribution < -0.4 is 5.32 Å². The third-order valence-corrected chi connectivity index (χ3v) is 7.64. The molecule has 2 aromatic rings. The summed E-state index contributed by atoms with van der Waals surface area (Å²) in [6, 6.07) is 18.6. The van der Waals surface area contributed by atoms with Crippen molar-refractivity contribution in [1.82, 2.24) is 14.5 Å². The maximum atomic E-state index is 12.7. The van der Waals surface area contributed by atoms with Crippen molar-refractivity contribution < 1.29 is 13.2 Å². The fourth-order valence-electron chi connectivity index (χ4n) is 3.74. The van der Waals surface area contributed by atoms with E-state index in [1.807, 2.05) is 18.2 Å². The average molecular weight is 400 g/mol. The van der Waals surface area contributed by atoms with Gasteiger partial charge in [0.25, 0.3) is 0 Å². The first-order valence-electron chi connectivity index (χ1n) is 9.65. The van der Waals surface area contributed by atoms with Gasteiger partial charge in [-0.25, -0.2) is 13.2 Å². The van der Waals surface area contributed by atoms with Gasteiger partial charge in [0.1, 0.15) is 0 Å². The number of nitrogens with one attached hydrogen (secondary N) is 1. The molecule has 0 atom stereocenters. The Labute approximate surface area is 166 Å². The van der Waals surface area contributed by atoms with Crippen LogP contribution in [0.3, 0.4) is 0 Å². The third kappa shape index (κ3) is 3.77. The molecule has 0 aromatic heterocycles. The van der Waals surface area contributed by atoms with E-state index < -0.39 is 10.0 Å². The summed E-state index contributed by atoms with van der Waals surface area (Å²) in [4.78, 5) is 14.6. The molecule has 1 aliphatic heterocycles. The zero-order valence-corrected chi connectivity index (χ0v) is 16.6. The van der Waals surface area contributed by atoms with Gasteiger partial charge in [-0.2, -0.15) is 4.31 Å². The Morgan fingerprint density at radius 1 is 0.893 bits per heavy atom. The monoisotopic (exact) mass is 399 g/mol. The Hall–Kier alpha value is -2.38. The number of benzene rings is 2. The number of carbonyl (C=O) groups is 1. The highest BCUT2D eigenvalue weighted by molar-refractivity contribution is 7.89. The highest BCUT2D eigenvalue weighted by Gasteiger charge is 2.44. The molecule has 4 rings (SSSR count). The summed E-state index contributed by atoms with van der Waals surface area (Å²) in [5.74, 6) is 0. The van der Waals surface area contributed by atoms with Crippen molar-refractivity contribution in [2.45, 2.75) is 23.2 Å². The van der Waals surface area contributed by atoms with Crippen LogP contribution in [0.15, 0.2) is 65.6 Å². The van der Waals surface area contributed by atoms with Gasteiger partial charge < -0.3 is 10.2 Å². The molecular formula is C21H25N3O3S. The smallest absolute Gasteiger partial charge is 0.317 e. The van der Waals surface area contributed by atoms with Crippen molar-refractivity contribution in [2.24, 2.45) is 0 Å². The van der Waals surface area contributed by atoms with Gasteiger partial charge in [-0.3, -0.25) is 0 Å². The lowest BCUT2D eigenvalue weighted by molar-refractivity contribution is 0.171. The summed E-state index contributed by atoms with van der Waals surface area (Å²) in [5, 5.41) is 3.06. The first kappa shape index (κ1) is 19.0. The number of hydrogen-bond acceptors (Lipinski definition) is 3. The molecule has 2 aromatic carbocycles. The lowest BCUT2D eigenvalue weighted by atomic mass is 9.96. The highest BCUT2D eigenvalue weighted by Crippen LogP contribution is 2.47. The molecule has 0 spiro atoms. The first-order valence-corrected chi connectivity index (χ1v) is 11.1. The molecule has 1 aliphatic carbocycles. The predicted octanol–water partition coefficient (Wildman–Crippen LogP) is 2.43. The number of sulfonamides is 1.